The number of rotatable bonds is 1. The van der Waals surface area contributed by atoms with Crippen LogP contribution in [0.25, 0.3) is 11.0 Å². The lowest BCUT2D eigenvalue weighted by atomic mass is 10.3. The van der Waals surface area contributed by atoms with Crippen LogP contribution in [0.1, 0.15) is 5.76 Å². The van der Waals surface area contributed by atoms with E-state index in [0.29, 0.717) is 11.7 Å². The summed E-state index contributed by atoms with van der Waals surface area (Å²) < 4.78 is 5.33. The summed E-state index contributed by atoms with van der Waals surface area (Å²) in [5.41, 5.74) is 6.13. The number of pyridine rings is 1. The third-order valence-electron chi connectivity index (χ3n) is 1.62. The maximum atomic E-state index is 5.69. The Morgan fingerprint density at radius 2 is 2.23 bits per heavy atom. The Balaban J connectivity index is 0.000000845. The van der Waals surface area contributed by atoms with Crippen LogP contribution in [0.4, 0.5) is 0 Å². The SMILES string of the molecule is Cl.NCc1cc2cc(Cl)ncc2o1. The summed E-state index contributed by atoms with van der Waals surface area (Å²) in [5.74, 6) is 0.745. The van der Waals surface area contributed by atoms with Crippen LogP contribution in [-0.2, 0) is 6.54 Å². The number of hydrogen-bond acceptors (Lipinski definition) is 3. The van der Waals surface area contributed by atoms with E-state index in [1.807, 2.05) is 6.07 Å². The van der Waals surface area contributed by atoms with Crippen LogP contribution in [0.15, 0.2) is 22.7 Å². The molecular formula is C8H8Cl2N2O. The topological polar surface area (TPSA) is 52.0 Å². The van der Waals surface area contributed by atoms with Crippen LogP contribution in [0, 0.1) is 0 Å². The molecule has 0 bridgehead atoms. The van der Waals surface area contributed by atoms with Crippen molar-refractivity contribution in [2.75, 3.05) is 0 Å². The zero-order valence-corrected chi connectivity index (χ0v) is 8.23. The van der Waals surface area contributed by atoms with E-state index >= 15 is 0 Å². The molecular weight excluding hydrogens is 211 g/mol. The number of nitrogens with two attached hydrogens (primary N) is 1. The van der Waals surface area contributed by atoms with E-state index in [4.69, 9.17) is 21.8 Å². The summed E-state index contributed by atoms with van der Waals surface area (Å²) in [5, 5.41) is 1.40. The number of hydrogen-bond donors (Lipinski definition) is 1. The Kier molecular flexibility index (Phi) is 3.14. The van der Waals surface area contributed by atoms with E-state index in [2.05, 4.69) is 4.98 Å². The van der Waals surface area contributed by atoms with Gasteiger partial charge in [-0.3, -0.25) is 0 Å². The first-order valence-electron chi connectivity index (χ1n) is 3.53. The van der Waals surface area contributed by atoms with Crippen molar-refractivity contribution in [2.45, 2.75) is 6.54 Å². The molecule has 0 aliphatic heterocycles. The molecule has 0 unspecified atom stereocenters. The molecule has 0 aliphatic rings. The van der Waals surface area contributed by atoms with Gasteiger partial charge in [-0.25, -0.2) is 4.98 Å². The summed E-state index contributed by atoms with van der Waals surface area (Å²) in [4.78, 5) is 3.89. The highest BCUT2D eigenvalue weighted by molar-refractivity contribution is 6.30. The summed E-state index contributed by atoms with van der Waals surface area (Å²) in [6, 6.07) is 3.61. The second-order valence-corrected chi connectivity index (χ2v) is 2.85. The molecule has 2 N–H and O–H groups in total. The third-order valence-corrected chi connectivity index (χ3v) is 1.83. The molecule has 0 aliphatic carbocycles. The molecule has 2 heterocycles. The maximum absolute atomic E-state index is 5.69. The van der Waals surface area contributed by atoms with Gasteiger partial charge in [0.2, 0.25) is 0 Å². The molecule has 0 saturated carbocycles. The van der Waals surface area contributed by atoms with Gasteiger partial charge in [0.15, 0.2) is 5.58 Å². The highest BCUT2D eigenvalue weighted by atomic mass is 35.5. The van der Waals surface area contributed by atoms with Crippen molar-refractivity contribution in [1.29, 1.82) is 0 Å². The fraction of sp³-hybridized carbons (Fsp3) is 0.125. The second kappa shape index (κ2) is 3.96. The van der Waals surface area contributed by atoms with Crippen LogP contribution in [-0.4, -0.2) is 4.98 Å². The van der Waals surface area contributed by atoms with Crippen LogP contribution < -0.4 is 5.73 Å². The summed E-state index contributed by atoms with van der Waals surface area (Å²) in [6.07, 6.45) is 1.59. The van der Waals surface area contributed by atoms with Crippen molar-refractivity contribution in [3.8, 4) is 0 Å². The molecule has 2 aromatic heterocycles. The predicted molar refractivity (Wildman–Crippen MR) is 54.2 cm³/mol. The standard InChI is InChI=1S/C8H7ClN2O.ClH/c9-8-2-5-1-6(3-10)12-7(5)4-11-8;/h1-2,4H,3,10H2;1H. The van der Waals surface area contributed by atoms with Gasteiger partial charge in [-0.05, 0) is 12.1 Å². The van der Waals surface area contributed by atoms with Crippen molar-refractivity contribution < 1.29 is 4.42 Å². The molecule has 3 nitrogen and oxygen atoms in total. The third kappa shape index (κ3) is 1.94. The Morgan fingerprint density at radius 3 is 2.92 bits per heavy atom. The number of aromatic nitrogens is 1. The minimum Gasteiger partial charge on any atom is -0.458 e. The van der Waals surface area contributed by atoms with Crippen LogP contribution in [0.3, 0.4) is 0 Å². The highest BCUT2D eigenvalue weighted by Gasteiger charge is 2.02. The van der Waals surface area contributed by atoms with Gasteiger partial charge in [0, 0.05) is 5.39 Å². The molecule has 0 saturated heterocycles. The van der Waals surface area contributed by atoms with Gasteiger partial charge >= 0.3 is 0 Å². The molecule has 2 rings (SSSR count). The van der Waals surface area contributed by atoms with Crippen LogP contribution in [0.2, 0.25) is 5.15 Å². The molecule has 70 valence electrons. The number of furan rings is 1. The maximum Gasteiger partial charge on any atom is 0.152 e. The summed E-state index contributed by atoms with van der Waals surface area (Å²) in [7, 11) is 0. The summed E-state index contributed by atoms with van der Waals surface area (Å²) >= 11 is 5.69. The average molecular weight is 219 g/mol. The Hall–Kier alpha value is -0.770. The first-order valence-corrected chi connectivity index (χ1v) is 3.91. The predicted octanol–water partition coefficient (Wildman–Crippen LogP) is 2.36. The van der Waals surface area contributed by atoms with E-state index in [9.17, 15) is 0 Å². The molecule has 0 radical (unpaired) electrons. The molecule has 2 aromatic rings. The van der Waals surface area contributed by atoms with Crippen LogP contribution >= 0.6 is 24.0 Å². The summed E-state index contributed by atoms with van der Waals surface area (Å²) in [6.45, 7) is 0.395. The first kappa shape index (κ1) is 10.3. The van der Waals surface area contributed by atoms with E-state index in [1.165, 1.54) is 0 Å². The lowest BCUT2D eigenvalue weighted by Crippen LogP contribution is -1.92. The number of halogens is 2. The van der Waals surface area contributed by atoms with Gasteiger partial charge < -0.3 is 10.2 Å². The van der Waals surface area contributed by atoms with E-state index in [-0.39, 0.29) is 12.4 Å². The molecule has 13 heavy (non-hydrogen) atoms. The number of fused-ring (bicyclic) bond motifs is 1. The molecule has 0 atom stereocenters. The quantitative estimate of drug-likeness (QED) is 0.749. The lowest BCUT2D eigenvalue weighted by molar-refractivity contribution is 0.551. The second-order valence-electron chi connectivity index (χ2n) is 2.46. The van der Waals surface area contributed by atoms with E-state index < -0.39 is 0 Å². The zero-order chi connectivity index (χ0) is 8.55. The molecule has 0 amide bonds. The average Bonchev–Trinajstić information content (AvgIpc) is 2.46. The highest BCUT2D eigenvalue weighted by Crippen LogP contribution is 2.20. The van der Waals surface area contributed by atoms with Crippen LogP contribution in [0.5, 0.6) is 0 Å². The fourth-order valence-corrected chi connectivity index (χ4v) is 1.24. The Bertz CT molecular complexity index is 413. The van der Waals surface area contributed by atoms with Gasteiger partial charge in [0.25, 0.3) is 0 Å². The van der Waals surface area contributed by atoms with E-state index in [0.717, 1.165) is 16.7 Å². The van der Waals surface area contributed by atoms with Gasteiger partial charge in [0.05, 0.1) is 12.7 Å². The smallest absolute Gasteiger partial charge is 0.152 e. The molecule has 0 aromatic carbocycles. The minimum atomic E-state index is 0. The molecule has 0 fully saturated rings. The van der Waals surface area contributed by atoms with Gasteiger partial charge in [-0.1, -0.05) is 11.6 Å². The molecule has 0 spiro atoms. The monoisotopic (exact) mass is 218 g/mol. The van der Waals surface area contributed by atoms with Gasteiger partial charge in [-0.15, -0.1) is 12.4 Å². The van der Waals surface area contributed by atoms with Crippen molar-refractivity contribution in [3.05, 3.63) is 29.2 Å². The van der Waals surface area contributed by atoms with Crippen molar-refractivity contribution in [2.24, 2.45) is 5.73 Å². The lowest BCUT2D eigenvalue weighted by Gasteiger charge is -1.87. The van der Waals surface area contributed by atoms with Crippen molar-refractivity contribution >= 4 is 35.0 Å². The van der Waals surface area contributed by atoms with Crippen molar-refractivity contribution in [1.82, 2.24) is 4.98 Å². The Morgan fingerprint density at radius 1 is 1.46 bits per heavy atom. The van der Waals surface area contributed by atoms with Gasteiger partial charge in [-0.2, -0.15) is 0 Å². The van der Waals surface area contributed by atoms with Crippen molar-refractivity contribution in [3.63, 3.8) is 0 Å². The zero-order valence-electron chi connectivity index (χ0n) is 6.66. The minimum absolute atomic E-state index is 0. The largest absolute Gasteiger partial charge is 0.458 e. The molecule has 5 heteroatoms. The Labute approximate surface area is 86.3 Å². The number of nitrogens with zero attached hydrogens (tertiary/aromatic N) is 1. The van der Waals surface area contributed by atoms with E-state index in [1.54, 1.807) is 12.3 Å². The first-order chi connectivity index (χ1) is 5.79. The fourth-order valence-electron chi connectivity index (χ4n) is 1.07. The van der Waals surface area contributed by atoms with Gasteiger partial charge in [0.1, 0.15) is 10.9 Å². The normalized spacial score (nSPS) is 10.0.